The second-order valence-corrected chi connectivity index (χ2v) is 7.63. The Balaban J connectivity index is 1.58. The first kappa shape index (κ1) is 16.2. The van der Waals surface area contributed by atoms with E-state index in [0.29, 0.717) is 30.1 Å². The number of rotatable bonds is 2. The molecule has 2 aliphatic rings. The van der Waals surface area contributed by atoms with Crippen molar-refractivity contribution in [3.8, 4) is 0 Å². The zero-order valence-corrected chi connectivity index (χ0v) is 14.9. The van der Waals surface area contributed by atoms with Crippen molar-refractivity contribution in [1.29, 1.82) is 0 Å². The molecule has 0 amide bonds. The summed E-state index contributed by atoms with van der Waals surface area (Å²) >= 11 is 1.58. The van der Waals surface area contributed by atoms with Gasteiger partial charge in [-0.05, 0) is 51.8 Å². The van der Waals surface area contributed by atoms with Crippen molar-refractivity contribution < 1.29 is 13.8 Å². The van der Waals surface area contributed by atoms with Crippen LogP contribution in [0.1, 0.15) is 35.2 Å². The number of carbonyl (C=O) groups excluding carboxylic acids is 1. The maximum Gasteiger partial charge on any atom is 0.219 e. The summed E-state index contributed by atoms with van der Waals surface area (Å²) in [6.45, 7) is 0. The number of Topliss-reactive ketones (excluding diaryl/α,β-unsaturated/α-hetero) is 1. The summed E-state index contributed by atoms with van der Waals surface area (Å²) in [6, 6.07) is 9.99. The Bertz CT molecular complexity index is 1030. The molecular formula is C19H15FN4O2S. The molecule has 1 aliphatic carbocycles. The van der Waals surface area contributed by atoms with Gasteiger partial charge in [0.15, 0.2) is 5.78 Å². The lowest BCUT2D eigenvalue weighted by atomic mass is 9.79. The highest BCUT2D eigenvalue weighted by Gasteiger charge is 2.37. The highest BCUT2D eigenvalue weighted by atomic mass is 32.1. The van der Waals surface area contributed by atoms with E-state index in [-0.39, 0.29) is 23.6 Å². The summed E-state index contributed by atoms with van der Waals surface area (Å²) in [5.41, 5.74) is 2.46. The molecule has 3 aromatic rings. The van der Waals surface area contributed by atoms with Crippen LogP contribution in [0.5, 0.6) is 0 Å². The molecule has 0 saturated carbocycles. The predicted molar refractivity (Wildman–Crippen MR) is 99.0 cm³/mol. The molecular weight excluding hydrogens is 367 g/mol. The van der Waals surface area contributed by atoms with Crippen molar-refractivity contribution in [2.75, 3.05) is 10.6 Å². The number of carbonyl (C=O) groups is 1. The molecule has 8 heteroatoms. The van der Waals surface area contributed by atoms with Gasteiger partial charge >= 0.3 is 0 Å². The number of fused-ring (bicyclic) bond motifs is 1. The molecule has 3 heterocycles. The number of ketones is 1. The highest BCUT2D eigenvalue weighted by molar-refractivity contribution is 7.10. The fourth-order valence-corrected chi connectivity index (χ4v) is 4.53. The molecule has 0 bridgehead atoms. The molecule has 1 aliphatic heterocycles. The second kappa shape index (κ2) is 6.31. The molecule has 0 unspecified atom stereocenters. The summed E-state index contributed by atoms with van der Waals surface area (Å²) in [6.07, 6.45) is 1.01. The summed E-state index contributed by atoms with van der Waals surface area (Å²) in [5.74, 6) is 0.706. The van der Waals surface area contributed by atoms with Crippen molar-refractivity contribution in [2.45, 2.75) is 24.8 Å². The van der Waals surface area contributed by atoms with Crippen LogP contribution in [-0.2, 0) is 4.79 Å². The van der Waals surface area contributed by atoms with Gasteiger partial charge in [-0.15, -0.1) is 11.3 Å². The van der Waals surface area contributed by atoms with Crippen LogP contribution in [0.4, 0.5) is 16.0 Å². The van der Waals surface area contributed by atoms with Crippen LogP contribution in [0, 0.1) is 5.82 Å². The number of hydrogen-bond acceptors (Lipinski definition) is 7. The van der Waals surface area contributed by atoms with Gasteiger partial charge < -0.3 is 10.6 Å². The zero-order valence-electron chi connectivity index (χ0n) is 14.1. The van der Waals surface area contributed by atoms with Crippen molar-refractivity contribution in [2.24, 2.45) is 0 Å². The largest absolute Gasteiger partial charge is 0.352 e. The second-order valence-electron chi connectivity index (χ2n) is 6.65. The standard InChI is InChI=1S/C19H15FN4O2S/c20-12-5-3-10(4-6-12)11-8-13-16(14(25)9-11)17(15-2-1-7-27-15)22-19-18(21-13)23-26-24-19/h1-7,11,17H,8-9H2,(H,21,23)(H,22,24)/t11-,17+/m0/s1. The quantitative estimate of drug-likeness (QED) is 0.690. The molecule has 0 saturated heterocycles. The third kappa shape index (κ3) is 2.82. The first-order valence-corrected chi connectivity index (χ1v) is 9.48. The van der Waals surface area contributed by atoms with Gasteiger partial charge in [0.25, 0.3) is 0 Å². The fraction of sp³-hybridized carbons (Fsp3) is 0.211. The average molecular weight is 382 g/mol. The number of aromatic nitrogens is 2. The minimum Gasteiger partial charge on any atom is -0.352 e. The minimum absolute atomic E-state index is 0.0188. The van der Waals surface area contributed by atoms with Crippen LogP contribution in [0.15, 0.2) is 57.7 Å². The molecule has 0 radical (unpaired) electrons. The number of benzene rings is 1. The smallest absolute Gasteiger partial charge is 0.219 e. The van der Waals surface area contributed by atoms with E-state index in [2.05, 4.69) is 20.9 Å². The lowest BCUT2D eigenvalue weighted by molar-refractivity contribution is -0.116. The predicted octanol–water partition coefficient (Wildman–Crippen LogP) is 4.25. The van der Waals surface area contributed by atoms with Crippen LogP contribution in [0.2, 0.25) is 0 Å². The summed E-state index contributed by atoms with van der Waals surface area (Å²) in [7, 11) is 0. The van der Waals surface area contributed by atoms with Crippen molar-refractivity contribution in [3.63, 3.8) is 0 Å². The van der Waals surface area contributed by atoms with Gasteiger partial charge in [-0.1, -0.05) is 18.2 Å². The number of thiophene rings is 1. The summed E-state index contributed by atoms with van der Waals surface area (Å²) in [5, 5.41) is 16.3. The minimum atomic E-state index is -0.303. The van der Waals surface area contributed by atoms with E-state index in [0.717, 1.165) is 16.1 Å². The van der Waals surface area contributed by atoms with E-state index >= 15 is 0 Å². The third-order valence-corrected chi connectivity index (χ3v) is 5.94. The van der Waals surface area contributed by atoms with Gasteiger partial charge in [-0.3, -0.25) is 4.79 Å². The molecule has 0 spiro atoms. The van der Waals surface area contributed by atoms with Crippen LogP contribution < -0.4 is 10.6 Å². The third-order valence-electron chi connectivity index (χ3n) is 5.00. The normalized spacial score (nSPS) is 21.7. The number of nitrogens with one attached hydrogen (secondary N) is 2. The maximum absolute atomic E-state index is 13.3. The molecule has 27 heavy (non-hydrogen) atoms. The summed E-state index contributed by atoms with van der Waals surface area (Å²) in [4.78, 5) is 14.2. The molecule has 6 nitrogen and oxygen atoms in total. The summed E-state index contributed by atoms with van der Waals surface area (Å²) < 4.78 is 18.1. The van der Waals surface area contributed by atoms with E-state index in [1.807, 2.05) is 17.5 Å². The lowest BCUT2D eigenvalue weighted by Gasteiger charge is -2.29. The van der Waals surface area contributed by atoms with Crippen LogP contribution in [-0.4, -0.2) is 16.1 Å². The Hall–Kier alpha value is -3.00. The Morgan fingerprint density at radius 3 is 2.70 bits per heavy atom. The molecule has 136 valence electrons. The Kier molecular flexibility index (Phi) is 3.78. The first-order valence-electron chi connectivity index (χ1n) is 8.60. The van der Waals surface area contributed by atoms with Gasteiger partial charge in [0, 0.05) is 22.6 Å². The molecule has 1 aromatic carbocycles. The average Bonchev–Trinajstić information content (AvgIpc) is 3.31. The number of allylic oxidation sites excluding steroid dienone is 1. The Labute approximate surface area is 158 Å². The van der Waals surface area contributed by atoms with Crippen molar-refractivity contribution in [1.82, 2.24) is 10.3 Å². The number of halogens is 1. The molecule has 2 N–H and O–H groups in total. The number of hydrogen-bond donors (Lipinski definition) is 2. The van der Waals surface area contributed by atoms with Gasteiger partial charge in [-0.2, -0.15) is 0 Å². The number of anilines is 2. The van der Waals surface area contributed by atoms with Crippen LogP contribution in [0.25, 0.3) is 0 Å². The van der Waals surface area contributed by atoms with E-state index in [4.69, 9.17) is 4.63 Å². The maximum atomic E-state index is 13.3. The Morgan fingerprint density at radius 2 is 1.93 bits per heavy atom. The Morgan fingerprint density at radius 1 is 1.11 bits per heavy atom. The monoisotopic (exact) mass is 382 g/mol. The number of nitrogens with zero attached hydrogens (tertiary/aromatic N) is 2. The first-order chi connectivity index (χ1) is 13.2. The highest BCUT2D eigenvalue weighted by Crippen LogP contribution is 2.44. The van der Waals surface area contributed by atoms with Gasteiger partial charge in [-0.25, -0.2) is 9.02 Å². The molecule has 0 fully saturated rings. The molecule has 5 rings (SSSR count). The van der Waals surface area contributed by atoms with Crippen molar-refractivity contribution in [3.05, 3.63) is 69.3 Å². The SMILES string of the molecule is O=C1C[C@@H](c2ccc(F)cc2)CC2=C1[C@@H](c1cccs1)Nc1nonc1N2. The lowest BCUT2D eigenvalue weighted by Crippen LogP contribution is -2.26. The van der Waals surface area contributed by atoms with E-state index in [1.165, 1.54) is 12.1 Å². The zero-order chi connectivity index (χ0) is 18.4. The van der Waals surface area contributed by atoms with Gasteiger partial charge in [0.2, 0.25) is 11.6 Å². The van der Waals surface area contributed by atoms with Crippen LogP contribution in [0.3, 0.4) is 0 Å². The van der Waals surface area contributed by atoms with Gasteiger partial charge in [0.05, 0.1) is 6.04 Å². The fourth-order valence-electron chi connectivity index (χ4n) is 3.74. The van der Waals surface area contributed by atoms with Gasteiger partial charge in [0.1, 0.15) is 5.82 Å². The van der Waals surface area contributed by atoms with E-state index in [1.54, 1.807) is 23.5 Å². The molecule has 2 atom stereocenters. The van der Waals surface area contributed by atoms with E-state index < -0.39 is 0 Å². The molecule has 2 aromatic heterocycles. The topological polar surface area (TPSA) is 80.1 Å². The van der Waals surface area contributed by atoms with Crippen molar-refractivity contribution >= 4 is 28.8 Å². The van der Waals surface area contributed by atoms with E-state index in [9.17, 15) is 9.18 Å². The van der Waals surface area contributed by atoms with Crippen LogP contribution >= 0.6 is 11.3 Å².